The van der Waals surface area contributed by atoms with Crippen LogP contribution < -0.4 is 0 Å². The quantitative estimate of drug-likeness (QED) is 0.607. The van der Waals surface area contributed by atoms with E-state index in [4.69, 9.17) is 4.42 Å². The van der Waals surface area contributed by atoms with Gasteiger partial charge in [-0.15, -0.1) is 11.3 Å². The smallest absolute Gasteiger partial charge is 0.135 e. The normalized spacial score (nSPS) is 10.9. The van der Waals surface area contributed by atoms with Crippen molar-refractivity contribution in [3.8, 4) is 11.3 Å². The molecule has 0 amide bonds. The van der Waals surface area contributed by atoms with Gasteiger partial charge in [0, 0.05) is 10.9 Å². The van der Waals surface area contributed by atoms with Crippen LogP contribution in [0.5, 0.6) is 0 Å². The van der Waals surface area contributed by atoms with Crippen molar-refractivity contribution < 1.29 is 4.42 Å². The fraction of sp³-hybridized carbons (Fsp3) is 0. The molecule has 3 nitrogen and oxygen atoms in total. The fourth-order valence-corrected chi connectivity index (χ4v) is 2.18. The standard InChI is InChI=1S/C10H5N2OS/c1-2-9(13-3-1)8-5-14-10-7(8)4-11-6-12-10/h1-3,5-6H. The van der Waals surface area contributed by atoms with E-state index in [1.165, 1.54) is 6.33 Å². The molecule has 0 aliphatic carbocycles. The lowest BCUT2D eigenvalue weighted by atomic mass is 10.2. The molecule has 0 saturated carbocycles. The molecule has 0 fully saturated rings. The zero-order valence-corrected chi connectivity index (χ0v) is 7.91. The molecular weight excluding hydrogens is 196 g/mol. The topological polar surface area (TPSA) is 38.9 Å². The summed E-state index contributed by atoms with van der Waals surface area (Å²) < 4.78 is 5.32. The van der Waals surface area contributed by atoms with Gasteiger partial charge in [-0.05, 0) is 12.1 Å². The second-order valence-electron chi connectivity index (χ2n) is 2.79. The van der Waals surface area contributed by atoms with Gasteiger partial charge in [0.2, 0.25) is 0 Å². The molecule has 3 rings (SSSR count). The zero-order chi connectivity index (χ0) is 9.38. The Kier molecular flexibility index (Phi) is 1.61. The molecule has 3 heterocycles. The van der Waals surface area contributed by atoms with E-state index in [1.54, 1.807) is 17.6 Å². The van der Waals surface area contributed by atoms with E-state index >= 15 is 0 Å². The maximum Gasteiger partial charge on any atom is 0.135 e. The van der Waals surface area contributed by atoms with Crippen LogP contribution in [0.2, 0.25) is 0 Å². The molecule has 3 aromatic heterocycles. The van der Waals surface area contributed by atoms with Crippen LogP contribution >= 0.6 is 11.3 Å². The largest absolute Gasteiger partial charge is 0.464 e. The molecule has 0 spiro atoms. The summed E-state index contributed by atoms with van der Waals surface area (Å²) in [5.74, 6) is 0.835. The highest BCUT2D eigenvalue weighted by Gasteiger charge is 2.09. The van der Waals surface area contributed by atoms with E-state index in [9.17, 15) is 0 Å². The first-order valence-electron chi connectivity index (χ1n) is 4.09. The summed E-state index contributed by atoms with van der Waals surface area (Å²) in [5.41, 5.74) is 1.01. The summed E-state index contributed by atoms with van der Waals surface area (Å²) in [5, 5.41) is 2.93. The molecule has 3 aromatic rings. The molecule has 0 aliphatic rings. The third kappa shape index (κ3) is 1.04. The van der Waals surface area contributed by atoms with Crippen molar-refractivity contribution >= 4 is 21.6 Å². The first-order valence-corrected chi connectivity index (χ1v) is 4.97. The number of rotatable bonds is 1. The number of thiophene rings is 1. The predicted molar refractivity (Wildman–Crippen MR) is 54.0 cm³/mol. The Bertz CT molecular complexity index is 556. The van der Waals surface area contributed by atoms with Gasteiger partial charge in [0.25, 0.3) is 0 Å². The van der Waals surface area contributed by atoms with Crippen LogP contribution in [-0.2, 0) is 0 Å². The molecule has 0 atom stereocenters. The Balaban J connectivity index is 2.33. The summed E-state index contributed by atoms with van der Waals surface area (Å²) in [6.45, 7) is 0. The Hall–Kier alpha value is -1.68. The van der Waals surface area contributed by atoms with E-state index in [0.29, 0.717) is 0 Å². The van der Waals surface area contributed by atoms with Gasteiger partial charge in [-0.1, -0.05) is 0 Å². The van der Waals surface area contributed by atoms with Gasteiger partial charge in [-0.3, -0.25) is 0 Å². The summed E-state index contributed by atoms with van der Waals surface area (Å²) in [6, 6.07) is 3.78. The highest BCUT2D eigenvalue weighted by molar-refractivity contribution is 7.17. The number of furan rings is 1. The lowest BCUT2D eigenvalue weighted by molar-refractivity contribution is 0.583. The Morgan fingerprint density at radius 2 is 2.43 bits per heavy atom. The van der Waals surface area contributed by atoms with Crippen LogP contribution in [0, 0.1) is 6.20 Å². The van der Waals surface area contributed by atoms with Crippen LogP contribution in [-0.4, -0.2) is 9.97 Å². The van der Waals surface area contributed by atoms with E-state index in [-0.39, 0.29) is 0 Å². The number of nitrogens with zero attached hydrogens (tertiary/aromatic N) is 2. The minimum Gasteiger partial charge on any atom is -0.464 e. The summed E-state index contributed by atoms with van der Waals surface area (Å²) in [7, 11) is 0. The fourth-order valence-electron chi connectivity index (χ4n) is 1.34. The van der Waals surface area contributed by atoms with Gasteiger partial charge in [0.05, 0.1) is 11.6 Å². The third-order valence-electron chi connectivity index (χ3n) is 1.97. The van der Waals surface area contributed by atoms with Crippen molar-refractivity contribution in [2.45, 2.75) is 0 Å². The molecule has 1 radical (unpaired) electrons. The van der Waals surface area contributed by atoms with Gasteiger partial charge >= 0.3 is 0 Å². The lowest BCUT2D eigenvalue weighted by Crippen LogP contribution is -1.77. The number of hydrogen-bond acceptors (Lipinski definition) is 4. The Morgan fingerprint density at radius 3 is 3.29 bits per heavy atom. The molecule has 4 heteroatoms. The van der Waals surface area contributed by atoms with Gasteiger partial charge in [0.1, 0.15) is 23.1 Å². The predicted octanol–water partition coefficient (Wildman–Crippen LogP) is 2.75. The lowest BCUT2D eigenvalue weighted by Gasteiger charge is -1.91. The summed E-state index contributed by atoms with van der Waals surface area (Å²) >= 11 is 1.57. The maximum atomic E-state index is 5.32. The Labute approximate surface area is 84.0 Å². The van der Waals surface area contributed by atoms with Crippen LogP contribution in [0.15, 0.2) is 34.5 Å². The van der Waals surface area contributed by atoms with Crippen molar-refractivity contribution in [1.29, 1.82) is 0 Å². The van der Waals surface area contributed by atoms with Gasteiger partial charge in [-0.25, -0.2) is 9.97 Å². The summed E-state index contributed by atoms with van der Waals surface area (Å²) in [6.07, 6.45) is 6.09. The Morgan fingerprint density at radius 1 is 1.43 bits per heavy atom. The average molecular weight is 201 g/mol. The molecular formula is C10H5N2OS. The van der Waals surface area contributed by atoms with Crippen molar-refractivity contribution in [2.75, 3.05) is 0 Å². The van der Waals surface area contributed by atoms with Crippen LogP contribution in [0.3, 0.4) is 0 Å². The number of fused-ring (bicyclic) bond motifs is 1. The van der Waals surface area contributed by atoms with Crippen molar-refractivity contribution in [3.63, 3.8) is 0 Å². The molecule has 14 heavy (non-hydrogen) atoms. The molecule has 0 bridgehead atoms. The van der Waals surface area contributed by atoms with Crippen molar-refractivity contribution in [1.82, 2.24) is 9.97 Å². The van der Waals surface area contributed by atoms with Gasteiger partial charge in [0.15, 0.2) is 0 Å². The van der Waals surface area contributed by atoms with Crippen LogP contribution in [0.4, 0.5) is 0 Å². The molecule has 0 N–H and O–H groups in total. The molecule has 0 aliphatic heterocycles. The second kappa shape index (κ2) is 2.92. The minimum absolute atomic E-state index is 0.835. The molecule has 67 valence electrons. The maximum absolute atomic E-state index is 5.32. The van der Waals surface area contributed by atoms with E-state index < -0.39 is 0 Å². The highest BCUT2D eigenvalue weighted by Crippen LogP contribution is 2.31. The second-order valence-corrected chi connectivity index (χ2v) is 3.65. The highest BCUT2D eigenvalue weighted by atomic mass is 32.1. The van der Waals surface area contributed by atoms with Crippen LogP contribution in [0.25, 0.3) is 21.5 Å². The SMILES string of the molecule is [c]1ncnc2scc(-c3ccco3)c12. The molecule has 0 saturated heterocycles. The summed E-state index contributed by atoms with van der Waals surface area (Å²) in [4.78, 5) is 8.97. The monoisotopic (exact) mass is 201 g/mol. The number of hydrogen-bond donors (Lipinski definition) is 0. The minimum atomic E-state index is 0.835. The molecule has 0 unspecified atom stereocenters. The first kappa shape index (κ1) is 7.70. The van der Waals surface area contributed by atoms with Gasteiger partial charge < -0.3 is 4.42 Å². The third-order valence-corrected chi connectivity index (χ3v) is 2.85. The van der Waals surface area contributed by atoms with E-state index in [0.717, 1.165) is 21.5 Å². The first-order chi connectivity index (χ1) is 6.95. The van der Waals surface area contributed by atoms with Crippen LogP contribution in [0.1, 0.15) is 0 Å². The van der Waals surface area contributed by atoms with Gasteiger partial charge in [-0.2, -0.15) is 0 Å². The van der Waals surface area contributed by atoms with E-state index in [2.05, 4.69) is 16.2 Å². The van der Waals surface area contributed by atoms with Crippen molar-refractivity contribution in [2.24, 2.45) is 0 Å². The van der Waals surface area contributed by atoms with Crippen molar-refractivity contribution in [3.05, 3.63) is 36.3 Å². The molecule has 0 aromatic carbocycles. The van der Waals surface area contributed by atoms with E-state index in [1.807, 2.05) is 17.5 Å². The zero-order valence-electron chi connectivity index (χ0n) is 7.10. The average Bonchev–Trinajstić information content (AvgIpc) is 2.85. The number of aromatic nitrogens is 2.